The van der Waals surface area contributed by atoms with E-state index in [-0.39, 0.29) is 11.7 Å². The van der Waals surface area contributed by atoms with Crippen molar-refractivity contribution >= 4 is 5.91 Å². The lowest BCUT2D eigenvalue weighted by Gasteiger charge is -2.35. The van der Waals surface area contributed by atoms with Gasteiger partial charge in [0.1, 0.15) is 0 Å². The van der Waals surface area contributed by atoms with Crippen LogP contribution in [0.5, 0.6) is 0 Å². The first-order valence-corrected chi connectivity index (χ1v) is 7.02. The minimum atomic E-state index is -0.183. The predicted molar refractivity (Wildman–Crippen MR) is 73.0 cm³/mol. The molecule has 0 aromatic carbocycles. The molecule has 1 saturated heterocycles. The molecule has 0 saturated carbocycles. The van der Waals surface area contributed by atoms with E-state index in [0.717, 1.165) is 24.7 Å². The molecule has 0 spiro atoms. The van der Waals surface area contributed by atoms with E-state index in [0.29, 0.717) is 12.6 Å². The number of aromatic nitrogens is 1. The van der Waals surface area contributed by atoms with E-state index >= 15 is 0 Å². The van der Waals surface area contributed by atoms with Gasteiger partial charge in [-0.25, -0.2) is 0 Å². The van der Waals surface area contributed by atoms with Crippen LogP contribution in [0.3, 0.4) is 0 Å². The van der Waals surface area contributed by atoms with Crippen LogP contribution in [-0.2, 0) is 0 Å². The lowest BCUT2D eigenvalue weighted by molar-refractivity contribution is 0.0882. The molecule has 0 unspecified atom stereocenters. The van der Waals surface area contributed by atoms with Crippen LogP contribution >= 0.6 is 0 Å². The minimum absolute atomic E-state index is 0.183. The molecule has 1 aromatic heterocycles. The Hall–Kier alpha value is -1.36. The fraction of sp³-hybridized carbons (Fsp3) is 0.714. The van der Waals surface area contributed by atoms with Crippen molar-refractivity contribution in [1.82, 2.24) is 15.4 Å². The summed E-state index contributed by atoms with van der Waals surface area (Å²) in [6.45, 7) is 9.14. The number of nitrogens with one attached hydrogen (secondary N) is 1. The van der Waals surface area contributed by atoms with Gasteiger partial charge in [0.25, 0.3) is 5.91 Å². The van der Waals surface area contributed by atoms with Gasteiger partial charge in [0, 0.05) is 25.2 Å². The summed E-state index contributed by atoms with van der Waals surface area (Å²) in [5, 5.41) is 6.63. The highest BCUT2D eigenvalue weighted by Gasteiger charge is 2.21. The quantitative estimate of drug-likeness (QED) is 0.902. The molecule has 1 N–H and O–H groups in total. The Morgan fingerprint density at radius 2 is 2.47 bits per heavy atom. The molecule has 1 aliphatic rings. The van der Waals surface area contributed by atoms with E-state index in [1.54, 1.807) is 13.0 Å². The zero-order chi connectivity index (χ0) is 13.8. The molecular weight excluding hydrogens is 242 g/mol. The van der Waals surface area contributed by atoms with Gasteiger partial charge < -0.3 is 9.84 Å². The molecule has 1 fully saturated rings. The average Bonchev–Trinajstić information content (AvgIpc) is 2.82. The van der Waals surface area contributed by atoms with Gasteiger partial charge >= 0.3 is 0 Å². The summed E-state index contributed by atoms with van der Waals surface area (Å²) in [7, 11) is 0. The summed E-state index contributed by atoms with van der Waals surface area (Å²) in [4.78, 5) is 14.3. The van der Waals surface area contributed by atoms with Crippen LogP contribution in [0.15, 0.2) is 10.6 Å². The molecule has 5 nitrogen and oxygen atoms in total. The largest absolute Gasteiger partial charge is 0.351 e. The lowest BCUT2D eigenvalue weighted by Crippen LogP contribution is -2.46. The number of likely N-dealkylation sites (tertiary alicyclic amines) is 1. The monoisotopic (exact) mass is 265 g/mol. The number of piperidine rings is 1. The van der Waals surface area contributed by atoms with E-state index < -0.39 is 0 Å². The van der Waals surface area contributed by atoms with E-state index in [2.05, 4.69) is 29.2 Å². The van der Waals surface area contributed by atoms with Crippen molar-refractivity contribution in [3.8, 4) is 0 Å². The molecular formula is C14H23N3O2. The summed E-state index contributed by atoms with van der Waals surface area (Å²) >= 11 is 0. The third-order valence-electron chi connectivity index (χ3n) is 3.72. The van der Waals surface area contributed by atoms with E-state index in [1.807, 2.05) is 0 Å². The summed E-state index contributed by atoms with van der Waals surface area (Å²) in [5.74, 6) is 0.859. The van der Waals surface area contributed by atoms with Crippen molar-refractivity contribution in [2.75, 3.05) is 19.6 Å². The van der Waals surface area contributed by atoms with Gasteiger partial charge in [-0.1, -0.05) is 12.1 Å². The number of nitrogens with zero attached hydrogens (tertiary/aromatic N) is 2. The Bertz CT molecular complexity index is 430. The second kappa shape index (κ2) is 6.19. The number of carbonyl (C=O) groups is 1. The highest BCUT2D eigenvalue weighted by Crippen LogP contribution is 2.17. The van der Waals surface area contributed by atoms with Crippen LogP contribution in [0.4, 0.5) is 0 Å². The molecule has 0 bridgehead atoms. The molecule has 2 rings (SSSR count). The summed E-state index contributed by atoms with van der Waals surface area (Å²) in [5.41, 5.74) is 0.725. The first-order chi connectivity index (χ1) is 9.06. The third-order valence-corrected chi connectivity index (χ3v) is 3.72. The molecule has 106 valence electrons. The van der Waals surface area contributed by atoms with Gasteiger partial charge in [-0.05, 0) is 39.2 Å². The highest BCUT2D eigenvalue weighted by molar-refractivity contribution is 5.91. The maximum atomic E-state index is 11.8. The van der Waals surface area contributed by atoms with Crippen molar-refractivity contribution in [3.05, 3.63) is 17.5 Å². The molecule has 1 amide bonds. The molecule has 2 atom stereocenters. The van der Waals surface area contributed by atoms with E-state index in [4.69, 9.17) is 4.52 Å². The Balaban J connectivity index is 1.79. The number of hydrogen-bond donors (Lipinski definition) is 1. The first-order valence-electron chi connectivity index (χ1n) is 7.02. The molecule has 1 aromatic rings. The number of hydrogen-bond acceptors (Lipinski definition) is 4. The summed E-state index contributed by atoms with van der Waals surface area (Å²) in [6.07, 6.45) is 2.56. The topological polar surface area (TPSA) is 58.4 Å². The normalized spacial score (nSPS) is 22.2. The minimum Gasteiger partial charge on any atom is -0.351 e. The van der Waals surface area contributed by atoms with Crippen molar-refractivity contribution in [3.63, 3.8) is 0 Å². The molecule has 0 aliphatic carbocycles. The summed E-state index contributed by atoms with van der Waals surface area (Å²) < 4.78 is 4.95. The Morgan fingerprint density at radius 3 is 3.11 bits per heavy atom. The molecule has 2 heterocycles. The smallest absolute Gasteiger partial charge is 0.289 e. The molecule has 1 aliphatic heterocycles. The van der Waals surface area contributed by atoms with Crippen LogP contribution in [0.2, 0.25) is 0 Å². The highest BCUT2D eigenvalue weighted by atomic mass is 16.5. The van der Waals surface area contributed by atoms with Crippen LogP contribution in [0, 0.1) is 12.8 Å². The third kappa shape index (κ3) is 3.80. The van der Waals surface area contributed by atoms with Crippen molar-refractivity contribution < 1.29 is 9.32 Å². The van der Waals surface area contributed by atoms with Crippen LogP contribution in [0.1, 0.15) is 42.9 Å². The second-order valence-corrected chi connectivity index (χ2v) is 5.63. The van der Waals surface area contributed by atoms with Gasteiger partial charge in [0.05, 0.1) is 5.69 Å². The Kier molecular flexibility index (Phi) is 4.58. The molecule has 0 radical (unpaired) electrons. The van der Waals surface area contributed by atoms with E-state index in [9.17, 15) is 4.79 Å². The van der Waals surface area contributed by atoms with Crippen LogP contribution < -0.4 is 5.32 Å². The first kappa shape index (κ1) is 14.1. The number of amides is 1. The predicted octanol–water partition coefficient (Wildman–Crippen LogP) is 1.83. The Morgan fingerprint density at radius 1 is 1.68 bits per heavy atom. The van der Waals surface area contributed by atoms with Gasteiger partial charge in [0.2, 0.25) is 5.76 Å². The van der Waals surface area contributed by atoms with Crippen molar-refractivity contribution in [1.29, 1.82) is 0 Å². The van der Waals surface area contributed by atoms with Gasteiger partial charge in [-0.3, -0.25) is 9.69 Å². The standard InChI is InChI=1S/C14H23N3O2/c1-10-5-4-6-17(9-10)12(3)8-15-14(18)13-7-11(2)16-19-13/h7,10,12H,4-6,8-9H2,1-3H3,(H,15,18)/t10-,12+/m0/s1. The van der Waals surface area contributed by atoms with Crippen LogP contribution in [-0.4, -0.2) is 41.6 Å². The van der Waals surface area contributed by atoms with Gasteiger partial charge in [-0.2, -0.15) is 0 Å². The maximum Gasteiger partial charge on any atom is 0.289 e. The van der Waals surface area contributed by atoms with E-state index in [1.165, 1.54) is 12.8 Å². The SMILES string of the molecule is Cc1cc(C(=O)NC[C@@H](C)N2CCC[C@H](C)C2)on1. The fourth-order valence-electron chi connectivity index (χ4n) is 2.55. The molecule has 5 heteroatoms. The Labute approximate surface area is 114 Å². The second-order valence-electron chi connectivity index (χ2n) is 5.63. The molecule has 19 heavy (non-hydrogen) atoms. The zero-order valence-corrected chi connectivity index (χ0v) is 12.0. The van der Waals surface area contributed by atoms with Crippen molar-refractivity contribution in [2.45, 2.75) is 39.7 Å². The summed E-state index contributed by atoms with van der Waals surface area (Å²) in [6, 6.07) is 2.01. The average molecular weight is 265 g/mol. The lowest BCUT2D eigenvalue weighted by atomic mass is 9.99. The van der Waals surface area contributed by atoms with Crippen LogP contribution in [0.25, 0.3) is 0 Å². The number of carbonyl (C=O) groups excluding carboxylic acids is 1. The van der Waals surface area contributed by atoms with Crippen molar-refractivity contribution in [2.24, 2.45) is 5.92 Å². The van der Waals surface area contributed by atoms with Gasteiger partial charge in [-0.15, -0.1) is 0 Å². The number of rotatable bonds is 4. The number of aryl methyl sites for hydroxylation is 1. The maximum absolute atomic E-state index is 11.8. The van der Waals surface area contributed by atoms with Gasteiger partial charge in [0.15, 0.2) is 0 Å². The zero-order valence-electron chi connectivity index (χ0n) is 12.0. The fourth-order valence-corrected chi connectivity index (χ4v) is 2.55.